The highest BCUT2D eigenvalue weighted by atomic mass is 16.6. The second kappa shape index (κ2) is 10.1. The minimum atomic E-state index is -1.25. The minimum Gasteiger partial charge on any atom is -0.449 e. The summed E-state index contributed by atoms with van der Waals surface area (Å²) < 4.78 is 8.30. The Labute approximate surface area is 207 Å². The number of hydrogen-bond donors (Lipinski definition) is 1. The number of ether oxygens (including phenoxy) is 1. The molecule has 1 amide bonds. The maximum absolute atomic E-state index is 13.0. The number of rotatable bonds is 7. The van der Waals surface area contributed by atoms with Crippen molar-refractivity contribution >= 4 is 28.9 Å². The highest BCUT2D eigenvalue weighted by Gasteiger charge is 2.27. The van der Waals surface area contributed by atoms with Gasteiger partial charge in [0.25, 0.3) is 17.2 Å². The van der Waals surface area contributed by atoms with Crippen molar-refractivity contribution in [3.05, 3.63) is 80.3 Å². The third kappa shape index (κ3) is 4.72. The first kappa shape index (κ1) is 24.7. The number of nitro benzene ring substituents is 1. The van der Waals surface area contributed by atoms with Gasteiger partial charge >= 0.3 is 5.97 Å². The number of esters is 1. The number of anilines is 2. The van der Waals surface area contributed by atoms with Gasteiger partial charge in [-0.15, -0.1) is 0 Å². The molecule has 36 heavy (non-hydrogen) atoms. The first-order chi connectivity index (χ1) is 17.2. The summed E-state index contributed by atoms with van der Waals surface area (Å²) in [5, 5.41) is 14.2. The quantitative estimate of drug-likeness (QED) is 0.304. The lowest BCUT2D eigenvalue weighted by atomic mass is 10.1. The van der Waals surface area contributed by atoms with Gasteiger partial charge in [0, 0.05) is 26.2 Å². The number of nitro groups is 1. The van der Waals surface area contributed by atoms with E-state index in [1.807, 2.05) is 11.0 Å². The molecule has 2 heterocycles. The number of benzene rings is 2. The molecule has 188 valence electrons. The van der Waals surface area contributed by atoms with Gasteiger partial charge in [0.1, 0.15) is 11.4 Å². The van der Waals surface area contributed by atoms with E-state index >= 15 is 0 Å². The lowest BCUT2D eigenvalue weighted by Crippen LogP contribution is -2.32. The smallest absolute Gasteiger partial charge is 0.339 e. The zero-order chi connectivity index (χ0) is 26.0. The molecule has 2 aromatic carbocycles. The Balaban J connectivity index is 1.50. The van der Waals surface area contributed by atoms with Crippen LogP contribution in [0.2, 0.25) is 0 Å². The summed E-state index contributed by atoms with van der Waals surface area (Å²) >= 11 is 0. The highest BCUT2D eigenvalue weighted by Crippen LogP contribution is 2.32. The summed E-state index contributed by atoms with van der Waals surface area (Å²) in [4.78, 5) is 51.5. The van der Waals surface area contributed by atoms with Crippen LogP contribution in [0.5, 0.6) is 0 Å². The lowest BCUT2D eigenvalue weighted by molar-refractivity contribution is -0.384. The van der Waals surface area contributed by atoms with Gasteiger partial charge in [-0.05, 0) is 51.0 Å². The molecule has 4 rings (SSSR count). The largest absolute Gasteiger partial charge is 0.449 e. The molecule has 3 aromatic rings. The Morgan fingerprint density at radius 2 is 1.78 bits per heavy atom. The van der Waals surface area contributed by atoms with E-state index in [1.165, 1.54) is 29.8 Å². The van der Waals surface area contributed by atoms with Crippen molar-refractivity contribution in [3.63, 3.8) is 0 Å². The number of nitrogens with one attached hydrogen (secondary N) is 1. The van der Waals surface area contributed by atoms with Crippen LogP contribution in [0.25, 0.3) is 5.69 Å². The average Bonchev–Trinajstić information content (AvgIpc) is 3.47. The number of carbonyl (C=O) groups is 2. The molecule has 1 saturated heterocycles. The van der Waals surface area contributed by atoms with E-state index in [0.29, 0.717) is 30.2 Å². The maximum Gasteiger partial charge on any atom is 0.339 e. The van der Waals surface area contributed by atoms with E-state index in [1.54, 1.807) is 42.9 Å². The molecule has 1 atom stereocenters. The summed E-state index contributed by atoms with van der Waals surface area (Å²) in [6.45, 7) is 4.49. The molecule has 0 aliphatic carbocycles. The molecule has 1 aromatic heterocycles. The molecule has 0 bridgehead atoms. The molecule has 1 fully saturated rings. The standard InChI is InChI=1S/C25H27N5O6/c1-16-22(24(32)29(27(16)3)19-9-5-4-6-10-19)26-23(31)17(2)36-25(33)18-11-12-20(21(15-18)30(34)35)28-13-7-8-14-28/h4-6,9-12,15,17H,7-8,13-14H2,1-3H3,(H,26,31)/t17-/m0/s1. The third-order valence-corrected chi connectivity index (χ3v) is 6.31. The molecule has 0 unspecified atom stereocenters. The summed E-state index contributed by atoms with van der Waals surface area (Å²) in [6, 6.07) is 13.1. The summed E-state index contributed by atoms with van der Waals surface area (Å²) in [7, 11) is 1.70. The second-order valence-electron chi connectivity index (χ2n) is 8.63. The fourth-order valence-corrected chi connectivity index (χ4v) is 4.24. The number of aromatic nitrogens is 2. The van der Waals surface area contributed by atoms with Crippen LogP contribution < -0.4 is 15.8 Å². The van der Waals surface area contributed by atoms with Crippen molar-refractivity contribution in [1.29, 1.82) is 0 Å². The Bertz CT molecular complexity index is 1370. The second-order valence-corrected chi connectivity index (χ2v) is 8.63. The van der Waals surface area contributed by atoms with Crippen molar-refractivity contribution in [1.82, 2.24) is 9.36 Å². The van der Waals surface area contributed by atoms with Crippen LogP contribution in [-0.4, -0.2) is 45.4 Å². The SMILES string of the molecule is Cc1c(NC(=O)[C@H](C)OC(=O)c2ccc(N3CCCC3)c([N+](=O)[O-])c2)c(=O)n(-c2ccccc2)n1C. The Hall–Kier alpha value is -4.41. The van der Waals surface area contributed by atoms with Crippen molar-refractivity contribution in [3.8, 4) is 5.69 Å². The average molecular weight is 494 g/mol. The van der Waals surface area contributed by atoms with Crippen molar-refractivity contribution in [2.45, 2.75) is 32.8 Å². The van der Waals surface area contributed by atoms with Gasteiger partial charge in [0.2, 0.25) is 0 Å². The maximum atomic E-state index is 13.0. The molecular weight excluding hydrogens is 466 g/mol. The van der Waals surface area contributed by atoms with E-state index in [0.717, 1.165) is 12.8 Å². The van der Waals surface area contributed by atoms with Gasteiger partial charge < -0.3 is 15.0 Å². The lowest BCUT2D eigenvalue weighted by Gasteiger charge is -2.18. The fourth-order valence-electron chi connectivity index (χ4n) is 4.24. The Kier molecular flexibility index (Phi) is 6.91. The number of carbonyl (C=O) groups excluding carboxylic acids is 2. The Morgan fingerprint density at radius 1 is 1.11 bits per heavy atom. The van der Waals surface area contributed by atoms with E-state index in [2.05, 4.69) is 5.32 Å². The van der Waals surface area contributed by atoms with Crippen molar-refractivity contribution in [2.24, 2.45) is 7.05 Å². The van der Waals surface area contributed by atoms with Gasteiger partial charge in [0.15, 0.2) is 6.10 Å². The van der Waals surface area contributed by atoms with Gasteiger partial charge in [-0.3, -0.25) is 24.4 Å². The molecule has 0 saturated carbocycles. The predicted octanol–water partition coefficient (Wildman–Crippen LogP) is 3.18. The van der Waals surface area contributed by atoms with Crippen molar-refractivity contribution < 1.29 is 19.2 Å². The van der Waals surface area contributed by atoms with Crippen molar-refractivity contribution in [2.75, 3.05) is 23.3 Å². The number of amides is 1. The highest BCUT2D eigenvalue weighted by molar-refractivity contribution is 5.98. The summed E-state index contributed by atoms with van der Waals surface area (Å²) in [5.74, 6) is -1.57. The fraction of sp³-hybridized carbons (Fsp3) is 0.320. The minimum absolute atomic E-state index is 0.0355. The third-order valence-electron chi connectivity index (χ3n) is 6.31. The summed E-state index contributed by atoms with van der Waals surface area (Å²) in [6.07, 6.45) is 0.648. The predicted molar refractivity (Wildman–Crippen MR) is 134 cm³/mol. The van der Waals surface area contributed by atoms with Crippen LogP contribution in [0.3, 0.4) is 0 Å². The van der Waals surface area contributed by atoms with Gasteiger partial charge in [0.05, 0.1) is 21.9 Å². The monoisotopic (exact) mass is 493 g/mol. The Morgan fingerprint density at radius 3 is 2.42 bits per heavy atom. The molecule has 0 radical (unpaired) electrons. The number of para-hydroxylation sites is 1. The topological polar surface area (TPSA) is 129 Å². The molecule has 11 heteroatoms. The molecule has 1 N–H and O–H groups in total. The van der Waals surface area contributed by atoms with Crippen LogP contribution in [0.15, 0.2) is 53.3 Å². The first-order valence-corrected chi connectivity index (χ1v) is 11.6. The first-order valence-electron chi connectivity index (χ1n) is 11.6. The van der Waals surface area contributed by atoms with Crippen LogP contribution in [-0.2, 0) is 16.6 Å². The van der Waals surface area contributed by atoms with Crippen LogP contribution in [0.1, 0.15) is 35.8 Å². The summed E-state index contributed by atoms with van der Waals surface area (Å²) in [5.41, 5.74) is 1.02. The number of hydrogen-bond acceptors (Lipinski definition) is 7. The molecule has 11 nitrogen and oxygen atoms in total. The van der Waals surface area contributed by atoms with Gasteiger partial charge in [-0.25, -0.2) is 9.48 Å². The van der Waals surface area contributed by atoms with Crippen LogP contribution in [0.4, 0.5) is 17.1 Å². The normalized spacial score (nSPS) is 13.9. The van der Waals surface area contributed by atoms with Crippen LogP contribution >= 0.6 is 0 Å². The van der Waals surface area contributed by atoms with E-state index in [4.69, 9.17) is 4.74 Å². The van der Waals surface area contributed by atoms with Gasteiger partial charge in [-0.1, -0.05) is 18.2 Å². The molecule has 0 spiro atoms. The molecular formula is C25H27N5O6. The van der Waals surface area contributed by atoms with E-state index in [-0.39, 0.29) is 16.9 Å². The van der Waals surface area contributed by atoms with Crippen LogP contribution in [0, 0.1) is 17.0 Å². The zero-order valence-corrected chi connectivity index (χ0v) is 20.3. The number of nitrogens with zero attached hydrogens (tertiary/aromatic N) is 4. The van der Waals surface area contributed by atoms with E-state index in [9.17, 15) is 24.5 Å². The van der Waals surface area contributed by atoms with E-state index < -0.39 is 28.5 Å². The zero-order valence-electron chi connectivity index (χ0n) is 20.3. The van der Waals surface area contributed by atoms with Gasteiger partial charge in [-0.2, -0.15) is 0 Å². The molecule has 1 aliphatic heterocycles. The molecule has 1 aliphatic rings.